The summed E-state index contributed by atoms with van der Waals surface area (Å²) in [6.45, 7) is 0.200. The van der Waals surface area contributed by atoms with Crippen molar-refractivity contribution in [2.45, 2.75) is 37.6 Å². The van der Waals surface area contributed by atoms with Crippen LogP contribution in [0.5, 0.6) is 11.5 Å². The number of carbonyl (C=O) groups excluding carboxylic acids is 2. The fourth-order valence-electron chi connectivity index (χ4n) is 3.32. The largest absolute Gasteiger partial charge is 0.454 e. The number of imide groups is 1. The van der Waals surface area contributed by atoms with E-state index in [-0.39, 0.29) is 12.7 Å². The first-order valence-corrected chi connectivity index (χ1v) is 7.78. The van der Waals surface area contributed by atoms with Gasteiger partial charge in [0.1, 0.15) is 5.54 Å². The number of nitrogens with one attached hydrogen (secondary N) is 1. The molecule has 23 heavy (non-hydrogen) atoms. The van der Waals surface area contributed by atoms with E-state index in [1.807, 2.05) is 0 Å². The summed E-state index contributed by atoms with van der Waals surface area (Å²) in [4.78, 5) is 24.7. The topological polar surface area (TPSA) is 80.2 Å². The normalized spacial score (nSPS) is 22.2. The Morgan fingerprint density at radius 1 is 1.13 bits per heavy atom. The first-order chi connectivity index (χ1) is 11.2. The van der Waals surface area contributed by atoms with E-state index in [1.165, 1.54) is 6.21 Å². The number of urea groups is 1. The number of hydrogen-bond acceptors (Lipinski definition) is 5. The third-order valence-electron chi connectivity index (χ3n) is 4.57. The van der Waals surface area contributed by atoms with Crippen molar-refractivity contribution in [2.75, 3.05) is 6.79 Å². The highest BCUT2D eigenvalue weighted by atomic mass is 16.7. The van der Waals surface area contributed by atoms with Gasteiger partial charge in [0.15, 0.2) is 11.5 Å². The van der Waals surface area contributed by atoms with E-state index in [9.17, 15) is 9.59 Å². The minimum absolute atomic E-state index is 0.200. The van der Waals surface area contributed by atoms with Crippen LogP contribution in [0.15, 0.2) is 23.3 Å². The second-order valence-corrected chi connectivity index (χ2v) is 6.05. The molecule has 0 aromatic heterocycles. The Balaban J connectivity index is 1.54. The van der Waals surface area contributed by atoms with Crippen LogP contribution >= 0.6 is 0 Å². The maximum atomic E-state index is 12.6. The summed E-state index contributed by atoms with van der Waals surface area (Å²) >= 11 is 0. The molecule has 2 aliphatic heterocycles. The molecule has 1 saturated heterocycles. The molecule has 0 radical (unpaired) electrons. The number of amides is 3. The van der Waals surface area contributed by atoms with E-state index in [2.05, 4.69) is 10.4 Å². The molecule has 1 aromatic rings. The Morgan fingerprint density at radius 3 is 2.74 bits per heavy atom. The molecule has 0 unspecified atom stereocenters. The Morgan fingerprint density at radius 2 is 1.91 bits per heavy atom. The molecule has 7 heteroatoms. The molecule has 2 heterocycles. The molecule has 7 nitrogen and oxygen atoms in total. The van der Waals surface area contributed by atoms with Crippen molar-refractivity contribution in [3.8, 4) is 11.5 Å². The van der Waals surface area contributed by atoms with Crippen molar-refractivity contribution in [3.05, 3.63) is 23.8 Å². The van der Waals surface area contributed by atoms with Crippen molar-refractivity contribution in [1.82, 2.24) is 10.3 Å². The zero-order valence-electron chi connectivity index (χ0n) is 12.6. The van der Waals surface area contributed by atoms with Gasteiger partial charge in [-0.1, -0.05) is 19.3 Å². The van der Waals surface area contributed by atoms with E-state index in [4.69, 9.17) is 9.47 Å². The molecular formula is C16H17N3O4. The average Bonchev–Trinajstić information content (AvgIpc) is 3.10. The molecule has 1 aliphatic carbocycles. The van der Waals surface area contributed by atoms with E-state index in [0.717, 1.165) is 29.8 Å². The SMILES string of the molecule is O=C1NC2(CCCCC2)C(=O)N1N=Cc1ccc2c(c1)OCO2. The van der Waals surface area contributed by atoms with Crippen LogP contribution in [0.25, 0.3) is 0 Å². The van der Waals surface area contributed by atoms with E-state index in [1.54, 1.807) is 18.2 Å². The van der Waals surface area contributed by atoms with Gasteiger partial charge in [0.25, 0.3) is 5.91 Å². The first-order valence-electron chi connectivity index (χ1n) is 7.78. The van der Waals surface area contributed by atoms with Gasteiger partial charge in [-0.3, -0.25) is 4.79 Å². The van der Waals surface area contributed by atoms with Gasteiger partial charge in [0, 0.05) is 0 Å². The third kappa shape index (κ3) is 2.32. The summed E-state index contributed by atoms with van der Waals surface area (Å²) < 4.78 is 10.5. The number of nitrogens with zero attached hydrogens (tertiary/aromatic N) is 2. The smallest absolute Gasteiger partial charge is 0.346 e. The lowest BCUT2D eigenvalue weighted by molar-refractivity contribution is -0.132. The van der Waals surface area contributed by atoms with Crippen LogP contribution in [0.1, 0.15) is 37.7 Å². The molecular weight excluding hydrogens is 298 g/mol. The molecule has 4 rings (SSSR count). The first kappa shape index (κ1) is 14.0. The Hall–Kier alpha value is -2.57. The Kier molecular flexibility index (Phi) is 3.21. The summed E-state index contributed by atoms with van der Waals surface area (Å²) in [5.41, 5.74) is -0.0129. The van der Waals surface area contributed by atoms with Gasteiger partial charge in [0.05, 0.1) is 6.21 Å². The van der Waals surface area contributed by atoms with Crippen LogP contribution in [0, 0.1) is 0 Å². The predicted molar refractivity (Wildman–Crippen MR) is 81.4 cm³/mol. The van der Waals surface area contributed by atoms with Crippen LogP contribution in [0.3, 0.4) is 0 Å². The van der Waals surface area contributed by atoms with Gasteiger partial charge >= 0.3 is 6.03 Å². The van der Waals surface area contributed by atoms with Gasteiger partial charge in [0.2, 0.25) is 6.79 Å². The summed E-state index contributed by atoms with van der Waals surface area (Å²) in [5.74, 6) is 1.06. The van der Waals surface area contributed by atoms with Crippen LogP contribution in [0.2, 0.25) is 0 Å². The number of hydrogen-bond donors (Lipinski definition) is 1. The molecule has 1 saturated carbocycles. The summed E-state index contributed by atoms with van der Waals surface area (Å²) in [6.07, 6.45) is 5.87. The van der Waals surface area contributed by atoms with Gasteiger partial charge in [-0.2, -0.15) is 5.10 Å². The van der Waals surface area contributed by atoms with Gasteiger partial charge < -0.3 is 14.8 Å². The Bertz CT molecular complexity index is 695. The van der Waals surface area contributed by atoms with Crippen molar-refractivity contribution in [2.24, 2.45) is 5.10 Å². The second kappa shape index (κ2) is 5.26. The maximum Gasteiger partial charge on any atom is 0.346 e. The lowest BCUT2D eigenvalue weighted by atomic mass is 9.82. The maximum absolute atomic E-state index is 12.6. The van der Waals surface area contributed by atoms with Gasteiger partial charge in [-0.05, 0) is 36.6 Å². The van der Waals surface area contributed by atoms with Crippen molar-refractivity contribution >= 4 is 18.2 Å². The monoisotopic (exact) mass is 315 g/mol. The van der Waals surface area contributed by atoms with E-state index in [0.29, 0.717) is 24.3 Å². The summed E-state index contributed by atoms with van der Waals surface area (Å²) in [5, 5.41) is 7.85. The molecule has 0 atom stereocenters. The minimum Gasteiger partial charge on any atom is -0.454 e. The number of carbonyl (C=O) groups is 2. The average molecular weight is 315 g/mol. The molecule has 3 amide bonds. The molecule has 0 bridgehead atoms. The number of rotatable bonds is 2. The third-order valence-corrected chi connectivity index (χ3v) is 4.57. The molecule has 2 fully saturated rings. The van der Waals surface area contributed by atoms with Crippen LogP contribution in [-0.2, 0) is 4.79 Å². The lowest BCUT2D eigenvalue weighted by Gasteiger charge is -2.29. The highest BCUT2D eigenvalue weighted by Crippen LogP contribution is 2.34. The number of fused-ring (bicyclic) bond motifs is 1. The van der Waals surface area contributed by atoms with Crippen LogP contribution in [0.4, 0.5) is 4.79 Å². The summed E-state index contributed by atoms with van der Waals surface area (Å²) in [7, 11) is 0. The standard InChI is InChI=1S/C16H17N3O4/c20-14-16(6-2-1-3-7-16)18-15(21)19(14)17-9-11-4-5-12-13(8-11)23-10-22-12/h4-5,8-9H,1-3,6-7,10H2,(H,18,21). The van der Waals surface area contributed by atoms with E-state index < -0.39 is 11.6 Å². The van der Waals surface area contributed by atoms with Gasteiger partial charge in [-0.25, -0.2) is 4.79 Å². The zero-order chi connectivity index (χ0) is 15.9. The quantitative estimate of drug-likeness (QED) is 0.668. The molecule has 120 valence electrons. The number of hydrazone groups is 1. The van der Waals surface area contributed by atoms with Crippen molar-refractivity contribution in [1.29, 1.82) is 0 Å². The van der Waals surface area contributed by atoms with Crippen molar-refractivity contribution in [3.63, 3.8) is 0 Å². The zero-order valence-corrected chi connectivity index (χ0v) is 12.6. The van der Waals surface area contributed by atoms with Gasteiger partial charge in [-0.15, -0.1) is 5.01 Å². The fourth-order valence-corrected chi connectivity index (χ4v) is 3.32. The molecule has 1 spiro atoms. The molecule has 1 aromatic carbocycles. The van der Waals surface area contributed by atoms with Crippen LogP contribution < -0.4 is 14.8 Å². The highest BCUT2D eigenvalue weighted by Gasteiger charge is 2.51. The van der Waals surface area contributed by atoms with Crippen molar-refractivity contribution < 1.29 is 19.1 Å². The highest BCUT2D eigenvalue weighted by molar-refractivity contribution is 6.07. The molecule has 3 aliphatic rings. The Labute approximate surface area is 133 Å². The van der Waals surface area contributed by atoms with Crippen LogP contribution in [-0.4, -0.2) is 35.5 Å². The summed E-state index contributed by atoms with van der Waals surface area (Å²) in [6, 6.07) is 4.89. The second-order valence-electron chi connectivity index (χ2n) is 6.05. The lowest BCUT2D eigenvalue weighted by Crippen LogP contribution is -2.48. The fraction of sp³-hybridized carbons (Fsp3) is 0.438. The minimum atomic E-state index is -0.748. The van der Waals surface area contributed by atoms with E-state index >= 15 is 0 Å². The predicted octanol–water partition coefficient (Wildman–Crippen LogP) is 2.00. The number of ether oxygens (including phenoxy) is 2. The number of benzene rings is 1. The molecule has 1 N–H and O–H groups in total.